The van der Waals surface area contributed by atoms with Crippen molar-refractivity contribution in [3.8, 4) is 0 Å². The molecule has 4 rings (SSSR count). The van der Waals surface area contributed by atoms with Gasteiger partial charge in [0.15, 0.2) is 5.84 Å². The Hall–Kier alpha value is -2.47. The summed E-state index contributed by atoms with van der Waals surface area (Å²) >= 11 is 0. The highest BCUT2D eigenvalue weighted by atomic mass is 19.1. The van der Waals surface area contributed by atoms with Gasteiger partial charge < -0.3 is 5.32 Å². The first-order valence-electron chi connectivity index (χ1n) is 11.4. The third-order valence-corrected chi connectivity index (χ3v) is 6.39. The first-order chi connectivity index (χ1) is 14.8. The average molecular weight is 424 g/mol. The number of aryl methyl sites for hydroxylation is 1. The van der Waals surface area contributed by atoms with E-state index in [1.165, 1.54) is 0 Å². The molecule has 0 spiro atoms. The number of hydrogen-bond acceptors (Lipinski definition) is 4. The number of nitrogens with zero attached hydrogens (tertiary/aromatic N) is 4. The summed E-state index contributed by atoms with van der Waals surface area (Å²) in [7, 11) is 0. The quantitative estimate of drug-likeness (QED) is 0.763. The van der Waals surface area contributed by atoms with Crippen molar-refractivity contribution in [2.75, 3.05) is 19.6 Å². The van der Waals surface area contributed by atoms with Gasteiger partial charge in [0.05, 0.1) is 5.70 Å². The molecule has 1 aromatic heterocycles. The summed E-state index contributed by atoms with van der Waals surface area (Å²) in [5.74, 6) is 2.24. The Labute approximate surface area is 185 Å². The van der Waals surface area contributed by atoms with E-state index in [9.17, 15) is 4.39 Å². The summed E-state index contributed by atoms with van der Waals surface area (Å²) in [5.41, 5.74) is 2.85. The van der Waals surface area contributed by atoms with E-state index >= 15 is 0 Å². The number of imidazole rings is 1. The maximum absolute atomic E-state index is 14.3. The van der Waals surface area contributed by atoms with Crippen LogP contribution >= 0.6 is 0 Å². The van der Waals surface area contributed by atoms with Gasteiger partial charge in [0, 0.05) is 55.6 Å². The van der Waals surface area contributed by atoms with Crippen molar-refractivity contribution in [1.29, 1.82) is 0 Å². The number of allylic oxidation sites excluding steroid dienone is 1. The number of aliphatic imine (C=N–C) groups is 1. The van der Waals surface area contributed by atoms with E-state index in [0.29, 0.717) is 12.5 Å². The molecule has 1 N–H and O–H groups in total. The van der Waals surface area contributed by atoms with E-state index in [1.807, 2.05) is 31.5 Å². The maximum Gasteiger partial charge on any atom is 0.156 e. The van der Waals surface area contributed by atoms with Crippen molar-refractivity contribution < 1.29 is 4.39 Å². The zero-order valence-electron chi connectivity index (χ0n) is 19.2. The Morgan fingerprint density at radius 2 is 2.00 bits per heavy atom. The van der Waals surface area contributed by atoms with E-state index in [-0.39, 0.29) is 11.4 Å². The van der Waals surface area contributed by atoms with Gasteiger partial charge in [0.2, 0.25) is 0 Å². The van der Waals surface area contributed by atoms with Gasteiger partial charge in [-0.2, -0.15) is 0 Å². The number of aromatic nitrogens is 2. The lowest BCUT2D eigenvalue weighted by Crippen LogP contribution is -2.52. The van der Waals surface area contributed by atoms with Crippen LogP contribution in [0.15, 0.2) is 47.4 Å². The van der Waals surface area contributed by atoms with Crippen molar-refractivity contribution in [2.45, 2.75) is 65.0 Å². The van der Waals surface area contributed by atoms with Crippen molar-refractivity contribution in [1.82, 2.24) is 19.8 Å². The number of halogens is 1. The average Bonchev–Trinajstić information content (AvgIpc) is 3.22. The summed E-state index contributed by atoms with van der Waals surface area (Å²) in [6.07, 6.45) is 9.10. The van der Waals surface area contributed by atoms with Crippen LogP contribution in [-0.2, 0) is 6.54 Å². The number of likely N-dealkylation sites (tertiary alicyclic amines) is 1. The predicted molar refractivity (Wildman–Crippen MR) is 124 cm³/mol. The number of nitrogens with one attached hydrogen (secondary N) is 1. The summed E-state index contributed by atoms with van der Waals surface area (Å²) in [6.45, 7) is 11.9. The molecule has 5 nitrogen and oxygen atoms in total. The summed E-state index contributed by atoms with van der Waals surface area (Å²) in [5, 5.41) is 3.82. The highest BCUT2D eigenvalue weighted by Crippen LogP contribution is 2.26. The molecular formula is C25H34FN5. The molecule has 6 heteroatoms. The van der Waals surface area contributed by atoms with Gasteiger partial charge in [-0.05, 0) is 44.7 Å². The van der Waals surface area contributed by atoms with Gasteiger partial charge in [-0.1, -0.05) is 32.1 Å². The van der Waals surface area contributed by atoms with Crippen LogP contribution in [0.5, 0.6) is 0 Å². The smallest absolute Gasteiger partial charge is 0.156 e. The van der Waals surface area contributed by atoms with Crippen LogP contribution in [0.3, 0.4) is 0 Å². The monoisotopic (exact) mass is 423 g/mol. The molecule has 166 valence electrons. The van der Waals surface area contributed by atoms with Crippen LogP contribution in [0.25, 0.3) is 0 Å². The van der Waals surface area contributed by atoms with Crippen LogP contribution in [0.2, 0.25) is 0 Å². The molecule has 0 aliphatic carbocycles. The second-order valence-corrected chi connectivity index (χ2v) is 9.48. The lowest BCUT2D eigenvalue weighted by atomic mass is 9.88. The first-order valence-corrected chi connectivity index (χ1v) is 11.4. The van der Waals surface area contributed by atoms with E-state index in [0.717, 1.165) is 67.4 Å². The van der Waals surface area contributed by atoms with Gasteiger partial charge in [-0.3, -0.25) is 14.5 Å². The zero-order valence-corrected chi connectivity index (χ0v) is 19.2. The summed E-state index contributed by atoms with van der Waals surface area (Å²) in [6, 6.07) is 5.54. The van der Waals surface area contributed by atoms with Crippen LogP contribution in [0, 0.1) is 12.7 Å². The number of piperidine rings is 1. The molecule has 0 atom stereocenters. The number of benzene rings is 1. The maximum atomic E-state index is 14.3. The standard InChI is InChI=1S/C25H34FN5/c1-18(2)23-28-12-15-31(23)24-22(6-5-11-27-24)29-25(4)9-13-30(14-10-25)17-20-8-7-19(3)16-21(20)26/h6-8,12,15-16,18,29H,5,9-11,13-14,17H2,1-4H3. The molecule has 0 radical (unpaired) electrons. The van der Waals surface area contributed by atoms with Gasteiger partial charge in [-0.15, -0.1) is 0 Å². The Balaban J connectivity index is 1.42. The number of rotatable bonds is 5. The Bertz CT molecular complexity index is 980. The molecule has 31 heavy (non-hydrogen) atoms. The van der Waals surface area contributed by atoms with E-state index in [2.05, 4.69) is 46.6 Å². The molecule has 0 amide bonds. The Morgan fingerprint density at radius 1 is 1.23 bits per heavy atom. The predicted octanol–water partition coefficient (Wildman–Crippen LogP) is 4.63. The Kier molecular flexibility index (Phi) is 6.28. The van der Waals surface area contributed by atoms with Crippen molar-refractivity contribution >= 4 is 5.84 Å². The minimum atomic E-state index is -0.0963. The minimum absolute atomic E-state index is 0.00909. The fourth-order valence-corrected chi connectivity index (χ4v) is 4.47. The topological polar surface area (TPSA) is 45.5 Å². The molecule has 0 bridgehead atoms. The second-order valence-electron chi connectivity index (χ2n) is 9.48. The van der Waals surface area contributed by atoms with Crippen molar-refractivity contribution in [2.24, 2.45) is 4.99 Å². The first kappa shape index (κ1) is 21.8. The highest BCUT2D eigenvalue weighted by molar-refractivity contribution is 6.00. The second kappa shape index (κ2) is 8.95. The van der Waals surface area contributed by atoms with Crippen molar-refractivity contribution in [3.63, 3.8) is 0 Å². The molecular weight excluding hydrogens is 389 g/mol. The Morgan fingerprint density at radius 3 is 2.71 bits per heavy atom. The van der Waals surface area contributed by atoms with E-state index < -0.39 is 0 Å². The molecule has 1 aromatic carbocycles. The third-order valence-electron chi connectivity index (χ3n) is 6.39. The van der Waals surface area contributed by atoms with Gasteiger partial charge >= 0.3 is 0 Å². The molecule has 3 heterocycles. The zero-order chi connectivity index (χ0) is 22.0. The molecule has 1 fully saturated rings. The largest absolute Gasteiger partial charge is 0.377 e. The van der Waals surface area contributed by atoms with Crippen LogP contribution in [0.1, 0.15) is 62.9 Å². The van der Waals surface area contributed by atoms with E-state index in [1.54, 1.807) is 6.07 Å². The molecule has 2 aliphatic heterocycles. The normalized spacial score (nSPS) is 19.3. The number of dihydropyridines is 1. The molecule has 1 saturated heterocycles. The van der Waals surface area contributed by atoms with Gasteiger partial charge in [0.25, 0.3) is 0 Å². The van der Waals surface area contributed by atoms with Crippen LogP contribution in [-0.4, -0.2) is 45.5 Å². The molecule has 2 aromatic rings. The lowest BCUT2D eigenvalue weighted by molar-refractivity contribution is 0.147. The SMILES string of the molecule is Cc1ccc(CN2CCC(C)(NC3=CCCN=C3n3ccnc3C(C)C)CC2)c(F)c1. The lowest BCUT2D eigenvalue weighted by Gasteiger charge is -2.41. The minimum Gasteiger partial charge on any atom is -0.377 e. The fourth-order valence-electron chi connectivity index (χ4n) is 4.47. The fraction of sp³-hybridized carbons (Fsp3) is 0.520. The molecule has 0 saturated carbocycles. The van der Waals surface area contributed by atoms with Crippen molar-refractivity contribution in [3.05, 3.63) is 65.1 Å². The van der Waals surface area contributed by atoms with Crippen LogP contribution in [0.4, 0.5) is 4.39 Å². The number of hydrogen-bond donors (Lipinski definition) is 1. The molecule has 0 unspecified atom stereocenters. The summed E-state index contributed by atoms with van der Waals surface area (Å²) in [4.78, 5) is 11.7. The van der Waals surface area contributed by atoms with Gasteiger partial charge in [0.1, 0.15) is 11.6 Å². The van der Waals surface area contributed by atoms with Crippen LogP contribution < -0.4 is 5.32 Å². The molecule has 2 aliphatic rings. The van der Waals surface area contributed by atoms with Gasteiger partial charge in [-0.25, -0.2) is 9.37 Å². The highest BCUT2D eigenvalue weighted by Gasteiger charge is 2.32. The van der Waals surface area contributed by atoms with E-state index in [4.69, 9.17) is 4.99 Å². The summed E-state index contributed by atoms with van der Waals surface area (Å²) < 4.78 is 16.4. The third kappa shape index (κ3) is 4.90.